The van der Waals surface area contributed by atoms with Crippen LogP contribution in [0, 0.1) is 0 Å². The molecule has 7 heteroatoms. The third-order valence-electron chi connectivity index (χ3n) is 4.59. The highest BCUT2D eigenvalue weighted by Crippen LogP contribution is 2.35. The quantitative estimate of drug-likeness (QED) is 0.532. The Hall–Kier alpha value is -2.44. The third-order valence-corrected chi connectivity index (χ3v) is 5.99. The summed E-state index contributed by atoms with van der Waals surface area (Å²) in [4.78, 5) is 13.1. The van der Waals surface area contributed by atoms with Gasteiger partial charge in [-0.25, -0.2) is 5.01 Å². The Balaban J connectivity index is 1.55. The SMILES string of the molecule is C[C@H](SCc1ccco1)C(=O)N1N=C(c2ccc(Cl)cc2)C[C@H]1c1ccco1. The molecule has 1 aromatic carbocycles. The van der Waals surface area contributed by atoms with Gasteiger partial charge in [0.05, 0.1) is 29.2 Å². The molecule has 0 fully saturated rings. The van der Waals surface area contributed by atoms with Gasteiger partial charge in [0, 0.05) is 11.4 Å². The van der Waals surface area contributed by atoms with Crippen LogP contribution in [0.4, 0.5) is 0 Å². The molecule has 0 radical (unpaired) electrons. The van der Waals surface area contributed by atoms with E-state index in [2.05, 4.69) is 5.10 Å². The second-order valence-electron chi connectivity index (χ2n) is 6.50. The summed E-state index contributed by atoms with van der Waals surface area (Å²) in [7, 11) is 0. The number of thioether (sulfide) groups is 1. The van der Waals surface area contributed by atoms with Gasteiger partial charge in [-0.1, -0.05) is 23.7 Å². The Labute approximate surface area is 172 Å². The number of benzene rings is 1. The summed E-state index contributed by atoms with van der Waals surface area (Å²) in [5.41, 5.74) is 1.79. The highest BCUT2D eigenvalue weighted by atomic mass is 35.5. The first-order chi connectivity index (χ1) is 13.6. The van der Waals surface area contributed by atoms with E-state index in [1.807, 2.05) is 55.5 Å². The summed E-state index contributed by atoms with van der Waals surface area (Å²) in [6, 6.07) is 14.7. The lowest BCUT2D eigenvalue weighted by atomic mass is 10.0. The lowest BCUT2D eigenvalue weighted by molar-refractivity contribution is -0.132. The summed E-state index contributed by atoms with van der Waals surface area (Å²) in [6.45, 7) is 1.89. The first-order valence-corrected chi connectivity index (χ1v) is 10.4. The number of amides is 1. The van der Waals surface area contributed by atoms with Crippen LogP contribution in [0.25, 0.3) is 0 Å². The normalized spacial score (nSPS) is 17.6. The topological polar surface area (TPSA) is 59.0 Å². The van der Waals surface area contributed by atoms with Crippen LogP contribution in [0.5, 0.6) is 0 Å². The lowest BCUT2D eigenvalue weighted by Gasteiger charge is -2.22. The van der Waals surface area contributed by atoms with Gasteiger partial charge in [0.15, 0.2) is 0 Å². The molecular formula is C21H19ClN2O3S. The molecule has 1 aliphatic heterocycles. The van der Waals surface area contributed by atoms with E-state index < -0.39 is 0 Å². The first-order valence-electron chi connectivity index (χ1n) is 8.95. The molecule has 4 rings (SSSR count). The zero-order valence-electron chi connectivity index (χ0n) is 15.2. The van der Waals surface area contributed by atoms with Gasteiger partial charge in [0.2, 0.25) is 0 Å². The number of hydrogen-bond donors (Lipinski definition) is 0. The van der Waals surface area contributed by atoms with E-state index in [-0.39, 0.29) is 17.2 Å². The minimum absolute atomic E-state index is 0.0538. The molecule has 144 valence electrons. The molecule has 0 aliphatic carbocycles. The van der Waals surface area contributed by atoms with Crippen molar-refractivity contribution in [3.63, 3.8) is 0 Å². The molecule has 0 N–H and O–H groups in total. The largest absolute Gasteiger partial charge is 0.468 e. The molecule has 0 bridgehead atoms. The number of halogens is 1. The number of hydrazone groups is 1. The summed E-state index contributed by atoms with van der Waals surface area (Å²) in [5.74, 6) is 2.15. The predicted octanol–water partition coefficient (Wildman–Crippen LogP) is 5.53. The molecule has 0 spiro atoms. The van der Waals surface area contributed by atoms with Gasteiger partial charge < -0.3 is 8.83 Å². The van der Waals surface area contributed by atoms with E-state index in [9.17, 15) is 4.79 Å². The van der Waals surface area contributed by atoms with Crippen molar-refractivity contribution < 1.29 is 13.6 Å². The van der Waals surface area contributed by atoms with E-state index in [0.29, 0.717) is 17.2 Å². The second-order valence-corrected chi connectivity index (χ2v) is 8.27. The van der Waals surface area contributed by atoms with E-state index in [0.717, 1.165) is 22.8 Å². The maximum atomic E-state index is 13.1. The van der Waals surface area contributed by atoms with E-state index >= 15 is 0 Å². The standard InChI is InChI=1S/C21H19ClN2O3S/c1-14(28-13-17-4-2-10-26-17)21(25)24-19(20-5-3-11-27-20)12-18(23-24)15-6-8-16(22)9-7-15/h2-11,14,19H,12-13H2,1H3/t14-,19-/m0/s1. The molecule has 1 amide bonds. The molecule has 2 aromatic heterocycles. The number of carbonyl (C=O) groups is 1. The van der Waals surface area contributed by atoms with Crippen molar-refractivity contribution in [1.29, 1.82) is 0 Å². The monoisotopic (exact) mass is 414 g/mol. The lowest BCUT2D eigenvalue weighted by Crippen LogP contribution is -2.33. The fourth-order valence-corrected chi connectivity index (χ4v) is 4.05. The third kappa shape index (κ3) is 4.03. The molecule has 2 atom stereocenters. The summed E-state index contributed by atoms with van der Waals surface area (Å²) >= 11 is 7.52. The Kier molecular flexibility index (Phi) is 5.59. The van der Waals surface area contributed by atoms with E-state index in [1.54, 1.807) is 17.5 Å². The Morgan fingerprint density at radius 1 is 1.21 bits per heavy atom. The maximum absolute atomic E-state index is 13.1. The second kappa shape index (κ2) is 8.29. The Bertz CT molecular complexity index is 952. The first kappa shape index (κ1) is 18.9. The zero-order valence-corrected chi connectivity index (χ0v) is 16.8. The number of nitrogens with zero attached hydrogens (tertiary/aromatic N) is 2. The molecule has 3 aromatic rings. The molecule has 1 aliphatic rings. The number of furan rings is 2. The van der Waals surface area contributed by atoms with Crippen LogP contribution in [0.15, 0.2) is 75.0 Å². The number of rotatable bonds is 6. The fraction of sp³-hybridized carbons (Fsp3) is 0.238. The number of carbonyl (C=O) groups excluding carboxylic acids is 1. The molecule has 5 nitrogen and oxygen atoms in total. The minimum Gasteiger partial charge on any atom is -0.468 e. The fourth-order valence-electron chi connectivity index (χ4n) is 3.09. The van der Waals surface area contributed by atoms with Crippen LogP contribution in [-0.4, -0.2) is 21.9 Å². The van der Waals surface area contributed by atoms with Crippen LogP contribution in [-0.2, 0) is 10.5 Å². The van der Waals surface area contributed by atoms with Gasteiger partial charge in [-0.3, -0.25) is 4.79 Å². The predicted molar refractivity (Wildman–Crippen MR) is 110 cm³/mol. The highest BCUT2D eigenvalue weighted by molar-refractivity contribution is 7.99. The number of hydrogen-bond acceptors (Lipinski definition) is 5. The summed E-state index contributed by atoms with van der Waals surface area (Å²) in [6.07, 6.45) is 3.85. The van der Waals surface area contributed by atoms with Crippen LogP contribution in [0.2, 0.25) is 5.02 Å². The molecule has 0 saturated carbocycles. The summed E-state index contributed by atoms with van der Waals surface area (Å²) < 4.78 is 10.9. The van der Waals surface area contributed by atoms with Gasteiger partial charge in [0.1, 0.15) is 17.6 Å². The molecular weight excluding hydrogens is 396 g/mol. The van der Waals surface area contributed by atoms with Crippen molar-refractivity contribution in [2.45, 2.75) is 30.4 Å². The van der Waals surface area contributed by atoms with Crippen molar-refractivity contribution in [3.8, 4) is 0 Å². The van der Waals surface area contributed by atoms with Crippen LogP contribution in [0.3, 0.4) is 0 Å². The van der Waals surface area contributed by atoms with Crippen LogP contribution < -0.4 is 0 Å². The Morgan fingerprint density at radius 2 is 1.96 bits per heavy atom. The van der Waals surface area contributed by atoms with Crippen LogP contribution >= 0.6 is 23.4 Å². The smallest absolute Gasteiger partial charge is 0.256 e. The van der Waals surface area contributed by atoms with Gasteiger partial charge in [-0.05, 0) is 48.9 Å². The van der Waals surface area contributed by atoms with Gasteiger partial charge >= 0.3 is 0 Å². The average Bonchev–Trinajstić information content (AvgIpc) is 3.47. The average molecular weight is 415 g/mol. The van der Waals surface area contributed by atoms with E-state index in [4.69, 9.17) is 20.4 Å². The van der Waals surface area contributed by atoms with Gasteiger partial charge in [-0.15, -0.1) is 11.8 Å². The van der Waals surface area contributed by atoms with Crippen molar-refractivity contribution >= 4 is 35.0 Å². The van der Waals surface area contributed by atoms with Gasteiger partial charge in [0.25, 0.3) is 5.91 Å². The summed E-state index contributed by atoms with van der Waals surface area (Å²) in [5, 5.41) is 6.61. The van der Waals surface area contributed by atoms with Crippen molar-refractivity contribution in [2.24, 2.45) is 5.10 Å². The zero-order chi connectivity index (χ0) is 19.5. The molecule has 28 heavy (non-hydrogen) atoms. The molecule has 0 saturated heterocycles. The molecule has 3 heterocycles. The van der Waals surface area contributed by atoms with Gasteiger partial charge in [-0.2, -0.15) is 5.10 Å². The minimum atomic E-state index is -0.268. The maximum Gasteiger partial charge on any atom is 0.256 e. The molecule has 0 unspecified atom stereocenters. The van der Waals surface area contributed by atoms with Crippen molar-refractivity contribution in [2.75, 3.05) is 0 Å². The Morgan fingerprint density at radius 3 is 2.64 bits per heavy atom. The van der Waals surface area contributed by atoms with Crippen LogP contribution in [0.1, 0.15) is 36.5 Å². The van der Waals surface area contributed by atoms with Crippen molar-refractivity contribution in [1.82, 2.24) is 5.01 Å². The van der Waals surface area contributed by atoms with E-state index in [1.165, 1.54) is 11.8 Å². The van der Waals surface area contributed by atoms with Crippen molar-refractivity contribution in [3.05, 3.63) is 83.2 Å². The highest BCUT2D eigenvalue weighted by Gasteiger charge is 2.36.